The Morgan fingerprint density at radius 2 is 1.66 bits per heavy atom. The van der Waals surface area contributed by atoms with Gasteiger partial charge in [-0.25, -0.2) is 4.79 Å². The molecular weight excluding hydrogens is 442 g/mol. The van der Waals surface area contributed by atoms with Gasteiger partial charge in [-0.1, -0.05) is 36.4 Å². The number of nitrogens with one attached hydrogen (secondary N) is 2. The summed E-state index contributed by atoms with van der Waals surface area (Å²) in [6.07, 6.45) is 0.694. The summed E-state index contributed by atoms with van der Waals surface area (Å²) in [5.74, 6) is 1.20. The van der Waals surface area contributed by atoms with E-state index in [2.05, 4.69) is 10.6 Å². The summed E-state index contributed by atoms with van der Waals surface area (Å²) >= 11 is 0. The molecule has 1 aliphatic heterocycles. The second-order valence-corrected chi connectivity index (χ2v) is 8.80. The van der Waals surface area contributed by atoms with Crippen LogP contribution in [0.15, 0.2) is 66.7 Å². The van der Waals surface area contributed by atoms with Crippen LogP contribution in [0, 0.1) is 0 Å². The fourth-order valence-electron chi connectivity index (χ4n) is 4.48. The van der Waals surface area contributed by atoms with Crippen molar-refractivity contribution in [2.24, 2.45) is 0 Å². The smallest absolute Gasteiger partial charge is 0.319 e. The molecule has 0 bridgehead atoms. The van der Waals surface area contributed by atoms with Gasteiger partial charge in [-0.2, -0.15) is 0 Å². The first kappa shape index (κ1) is 24.1. The minimum absolute atomic E-state index is 0.00970. The quantitative estimate of drug-likeness (QED) is 0.527. The first-order valence-electron chi connectivity index (χ1n) is 11.7. The van der Waals surface area contributed by atoms with Crippen LogP contribution in [0.5, 0.6) is 11.5 Å². The van der Waals surface area contributed by atoms with Gasteiger partial charge in [0.2, 0.25) is 0 Å². The third kappa shape index (κ3) is 5.24. The van der Waals surface area contributed by atoms with E-state index in [-0.39, 0.29) is 24.0 Å². The van der Waals surface area contributed by atoms with Gasteiger partial charge in [0, 0.05) is 23.8 Å². The molecule has 2 N–H and O–H groups in total. The van der Waals surface area contributed by atoms with Crippen LogP contribution in [-0.2, 0) is 6.42 Å². The van der Waals surface area contributed by atoms with Crippen molar-refractivity contribution < 1.29 is 19.1 Å². The lowest BCUT2D eigenvalue weighted by Gasteiger charge is -2.38. The number of ether oxygens (including phenoxy) is 2. The van der Waals surface area contributed by atoms with E-state index in [9.17, 15) is 9.59 Å². The molecule has 35 heavy (non-hydrogen) atoms. The van der Waals surface area contributed by atoms with Gasteiger partial charge in [-0.15, -0.1) is 0 Å². The summed E-state index contributed by atoms with van der Waals surface area (Å²) in [5.41, 5.74) is 4.23. The van der Waals surface area contributed by atoms with Gasteiger partial charge in [-0.05, 0) is 67.3 Å². The van der Waals surface area contributed by atoms with E-state index in [0.717, 1.165) is 16.7 Å². The number of hydrogen-bond acceptors (Lipinski definition) is 4. The number of amides is 3. The van der Waals surface area contributed by atoms with Gasteiger partial charge < -0.3 is 25.0 Å². The molecule has 3 aromatic rings. The molecular formula is C28H31N3O4. The molecule has 0 fully saturated rings. The fourth-order valence-corrected chi connectivity index (χ4v) is 4.48. The van der Waals surface area contributed by atoms with Gasteiger partial charge >= 0.3 is 6.03 Å². The van der Waals surface area contributed by atoms with Gasteiger partial charge in [0.1, 0.15) is 0 Å². The zero-order valence-electron chi connectivity index (χ0n) is 20.5. The van der Waals surface area contributed by atoms with E-state index in [1.807, 2.05) is 61.2 Å². The lowest BCUT2D eigenvalue weighted by Crippen LogP contribution is -2.40. The Morgan fingerprint density at radius 1 is 0.943 bits per heavy atom. The highest BCUT2D eigenvalue weighted by Gasteiger charge is 2.34. The van der Waals surface area contributed by atoms with Crippen molar-refractivity contribution in [2.75, 3.05) is 26.1 Å². The highest BCUT2D eigenvalue weighted by molar-refractivity contribution is 5.97. The summed E-state index contributed by atoms with van der Waals surface area (Å²) in [6.45, 7) is 4.33. The Labute approximate surface area is 206 Å². The Bertz CT molecular complexity index is 1210. The van der Waals surface area contributed by atoms with E-state index in [1.165, 1.54) is 0 Å². The van der Waals surface area contributed by atoms with Gasteiger partial charge in [-0.3, -0.25) is 4.79 Å². The first-order valence-corrected chi connectivity index (χ1v) is 11.7. The molecule has 0 saturated carbocycles. The Balaban J connectivity index is 1.71. The van der Waals surface area contributed by atoms with Gasteiger partial charge in [0.05, 0.1) is 20.3 Å². The Hall–Kier alpha value is -4.00. The number of carbonyl (C=O) groups is 2. The average Bonchev–Trinajstić information content (AvgIpc) is 2.86. The predicted octanol–water partition coefficient (Wildman–Crippen LogP) is 5.02. The number of urea groups is 1. The summed E-state index contributed by atoms with van der Waals surface area (Å²) in [4.78, 5) is 27.9. The van der Waals surface area contributed by atoms with Crippen LogP contribution in [-0.4, -0.2) is 43.6 Å². The van der Waals surface area contributed by atoms with E-state index < -0.39 is 0 Å². The van der Waals surface area contributed by atoms with E-state index >= 15 is 0 Å². The molecule has 182 valence electrons. The number of benzene rings is 3. The van der Waals surface area contributed by atoms with Crippen LogP contribution < -0.4 is 20.1 Å². The third-order valence-electron chi connectivity index (χ3n) is 6.04. The van der Waals surface area contributed by atoms with Crippen LogP contribution in [0.25, 0.3) is 0 Å². The lowest BCUT2D eigenvalue weighted by molar-refractivity contribution is 0.0694. The molecule has 7 heteroatoms. The van der Waals surface area contributed by atoms with Gasteiger partial charge in [0.25, 0.3) is 5.91 Å². The predicted molar refractivity (Wildman–Crippen MR) is 136 cm³/mol. The molecule has 1 atom stereocenters. The number of anilines is 1. The van der Waals surface area contributed by atoms with Crippen molar-refractivity contribution in [2.45, 2.75) is 32.4 Å². The van der Waals surface area contributed by atoms with Crippen molar-refractivity contribution in [3.63, 3.8) is 0 Å². The first-order chi connectivity index (χ1) is 16.9. The maximum atomic E-state index is 13.8. The number of methoxy groups -OCH3 is 2. The molecule has 0 saturated heterocycles. The molecule has 0 radical (unpaired) electrons. The molecule has 0 spiro atoms. The fraction of sp³-hybridized carbons (Fsp3) is 0.286. The number of carbonyl (C=O) groups excluding carboxylic acids is 2. The molecule has 3 amide bonds. The highest BCUT2D eigenvalue weighted by Crippen LogP contribution is 2.41. The second kappa shape index (κ2) is 10.5. The van der Waals surface area contributed by atoms with Crippen molar-refractivity contribution in [1.29, 1.82) is 0 Å². The molecule has 3 aromatic carbocycles. The van der Waals surface area contributed by atoms with Crippen LogP contribution >= 0.6 is 0 Å². The van der Waals surface area contributed by atoms with Crippen molar-refractivity contribution >= 4 is 17.6 Å². The van der Waals surface area contributed by atoms with Crippen molar-refractivity contribution in [3.05, 3.63) is 89.0 Å². The zero-order valence-corrected chi connectivity index (χ0v) is 20.5. The minimum Gasteiger partial charge on any atom is -0.493 e. The monoisotopic (exact) mass is 473 g/mol. The number of fused-ring (bicyclic) bond motifs is 1. The number of hydrogen-bond donors (Lipinski definition) is 2. The largest absolute Gasteiger partial charge is 0.493 e. The molecule has 1 heterocycles. The minimum atomic E-state index is -0.306. The lowest BCUT2D eigenvalue weighted by atomic mass is 9.87. The SMILES string of the molecule is COc1cc2c(cc1OC)C(c1ccccc1)N(C(=O)c1cccc(NC(=O)NC(C)C)c1)CC2. The number of nitrogens with zero attached hydrogens (tertiary/aromatic N) is 1. The molecule has 1 aliphatic rings. The van der Waals surface area contributed by atoms with Crippen LogP contribution in [0.2, 0.25) is 0 Å². The van der Waals surface area contributed by atoms with Crippen LogP contribution in [0.1, 0.15) is 46.9 Å². The summed E-state index contributed by atoms with van der Waals surface area (Å²) in [6, 6.07) is 20.4. The summed E-state index contributed by atoms with van der Waals surface area (Å²) in [5, 5.41) is 5.60. The summed E-state index contributed by atoms with van der Waals surface area (Å²) in [7, 11) is 3.24. The maximum Gasteiger partial charge on any atom is 0.319 e. The zero-order chi connectivity index (χ0) is 24.9. The number of rotatable bonds is 6. The van der Waals surface area contributed by atoms with Crippen LogP contribution in [0.3, 0.4) is 0 Å². The van der Waals surface area contributed by atoms with E-state index in [1.54, 1.807) is 38.5 Å². The van der Waals surface area contributed by atoms with Crippen molar-refractivity contribution in [3.8, 4) is 11.5 Å². The molecule has 0 aromatic heterocycles. The second-order valence-electron chi connectivity index (χ2n) is 8.80. The molecule has 4 rings (SSSR count). The molecule has 0 aliphatic carbocycles. The van der Waals surface area contributed by atoms with Crippen LogP contribution in [0.4, 0.5) is 10.5 Å². The normalized spacial score (nSPS) is 14.8. The average molecular weight is 474 g/mol. The third-order valence-corrected chi connectivity index (χ3v) is 6.04. The van der Waals surface area contributed by atoms with Gasteiger partial charge in [0.15, 0.2) is 11.5 Å². The standard InChI is InChI=1S/C28H31N3O4/c1-18(2)29-28(33)30-22-12-8-11-21(15-22)27(32)31-14-13-20-16-24(34-3)25(35-4)17-23(20)26(31)19-9-6-5-7-10-19/h5-12,15-18,26H,13-14H2,1-4H3,(H2,29,30,33). The van der Waals surface area contributed by atoms with E-state index in [0.29, 0.717) is 35.7 Å². The topological polar surface area (TPSA) is 79.9 Å². The molecule has 7 nitrogen and oxygen atoms in total. The molecule has 1 unspecified atom stereocenters. The van der Waals surface area contributed by atoms with E-state index in [4.69, 9.17) is 9.47 Å². The highest BCUT2D eigenvalue weighted by atomic mass is 16.5. The maximum absolute atomic E-state index is 13.8. The van der Waals surface area contributed by atoms with Crippen molar-refractivity contribution in [1.82, 2.24) is 10.2 Å². The Kier molecular flexibility index (Phi) is 7.25. The summed E-state index contributed by atoms with van der Waals surface area (Å²) < 4.78 is 11.1. The Morgan fingerprint density at radius 3 is 2.34 bits per heavy atom.